The Hall–Kier alpha value is -1.22. The quantitative estimate of drug-likeness (QED) is 0.418. The topological polar surface area (TPSA) is 101 Å². The van der Waals surface area contributed by atoms with Crippen LogP contribution in [-0.4, -0.2) is 45.5 Å². The fourth-order valence-electron chi connectivity index (χ4n) is 1.60. The number of aliphatic hydroxyl groups excluding tert-OH is 2. The van der Waals surface area contributed by atoms with E-state index in [0.717, 1.165) is 23.1 Å². The molecule has 0 saturated heterocycles. The van der Waals surface area contributed by atoms with Crippen molar-refractivity contribution >= 4 is 40.0 Å². The van der Waals surface area contributed by atoms with E-state index in [1.54, 1.807) is 6.92 Å². The number of carbonyl (C=O) groups is 3. The highest BCUT2D eigenvalue weighted by atomic mass is 32.2. The van der Waals surface area contributed by atoms with Gasteiger partial charge in [0.15, 0.2) is 5.12 Å². The molecule has 0 aliphatic carbocycles. The second-order valence-corrected chi connectivity index (χ2v) is 6.78. The van der Waals surface area contributed by atoms with Crippen LogP contribution in [0.1, 0.15) is 40.9 Å². The third kappa shape index (κ3) is 5.53. The lowest BCUT2D eigenvalue weighted by atomic mass is 10.1. The maximum atomic E-state index is 11.7. The first-order valence-electron chi connectivity index (χ1n) is 6.67. The zero-order valence-electron chi connectivity index (χ0n) is 12.3. The predicted molar refractivity (Wildman–Crippen MR) is 84.0 cm³/mol. The molecular weight excluding hydrogens is 328 g/mol. The van der Waals surface area contributed by atoms with E-state index >= 15 is 0 Å². The first-order valence-corrected chi connectivity index (χ1v) is 8.47. The van der Waals surface area contributed by atoms with Crippen molar-refractivity contribution in [3.05, 3.63) is 21.9 Å². The van der Waals surface area contributed by atoms with E-state index in [2.05, 4.69) is 4.74 Å². The van der Waals surface area contributed by atoms with Crippen LogP contribution in [0.2, 0.25) is 0 Å². The molecule has 1 heterocycles. The maximum absolute atomic E-state index is 11.7. The number of rotatable bonds is 8. The molecule has 0 bridgehead atoms. The lowest BCUT2D eigenvalue weighted by Crippen LogP contribution is -2.18. The van der Waals surface area contributed by atoms with Crippen LogP contribution in [0.4, 0.5) is 0 Å². The normalized spacial score (nSPS) is 13.5. The van der Waals surface area contributed by atoms with Gasteiger partial charge in [-0.1, -0.05) is 11.8 Å². The highest BCUT2D eigenvalue weighted by molar-refractivity contribution is 8.13. The van der Waals surface area contributed by atoms with Crippen LogP contribution in [0.15, 0.2) is 12.1 Å². The molecule has 8 heteroatoms. The minimum atomic E-state index is -1.17. The van der Waals surface area contributed by atoms with E-state index in [0.29, 0.717) is 10.6 Å². The average molecular weight is 346 g/mol. The van der Waals surface area contributed by atoms with Gasteiger partial charge in [-0.2, -0.15) is 0 Å². The summed E-state index contributed by atoms with van der Waals surface area (Å²) < 4.78 is 4.62. The number of Topliss-reactive ketones (excluding diaryl/α,β-unsaturated/α-hetero) is 1. The van der Waals surface area contributed by atoms with Gasteiger partial charge in [-0.15, -0.1) is 11.3 Å². The lowest BCUT2D eigenvalue weighted by molar-refractivity contribution is -0.137. The number of thiophene rings is 1. The van der Waals surface area contributed by atoms with Crippen LogP contribution in [0.5, 0.6) is 0 Å². The monoisotopic (exact) mass is 346 g/mol. The van der Waals surface area contributed by atoms with E-state index in [1.807, 2.05) is 0 Å². The van der Waals surface area contributed by atoms with Gasteiger partial charge in [0.1, 0.15) is 6.10 Å². The number of thioether (sulfide) groups is 1. The number of esters is 1. The summed E-state index contributed by atoms with van der Waals surface area (Å²) in [6, 6.07) is 2.91. The maximum Gasteiger partial charge on any atom is 0.380 e. The lowest BCUT2D eigenvalue weighted by Gasteiger charge is -2.15. The van der Waals surface area contributed by atoms with Crippen molar-refractivity contribution in [1.29, 1.82) is 0 Å². The second-order valence-electron chi connectivity index (χ2n) is 4.39. The molecule has 0 amide bonds. The SMILES string of the molecule is CCOC(=O)C(=O)c1ccc(C(O)C(O)CCSC(C)=O)s1. The first kappa shape index (κ1) is 18.8. The summed E-state index contributed by atoms with van der Waals surface area (Å²) >= 11 is 2.01. The van der Waals surface area contributed by atoms with Crippen molar-refractivity contribution in [2.75, 3.05) is 12.4 Å². The summed E-state index contributed by atoms with van der Waals surface area (Å²) in [5.41, 5.74) is 0. The molecule has 0 aliphatic heterocycles. The van der Waals surface area contributed by atoms with Crippen molar-refractivity contribution in [3.63, 3.8) is 0 Å². The van der Waals surface area contributed by atoms with Crippen molar-refractivity contribution < 1.29 is 29.3 Å². The van der Waals surface area contributed by atoms with Crippen LogP contribution >= 0.6 is 23.1 Å². The van der Waals surface area contributed by atoms with Gasteiger partial charge in [0, 0.05) is 17.6 Å². The van der Waals surface area contributed by atoms with E-state index in [-0.39, 0.29) is 23.0 Å². The molecule has 122 valence electrons. The summed E-state index contributed by atoms with van der Waals surface area (Å²) in [6.07, 6.45) is -1.97. The number of carbonyl (C=O) groups excluding carboxylic acids is 3. The molecule has 2 atom stereocenters. The number of ether oxygens (including phenoxy) is 1. The van der Waals surface area contributed by atoms with Gasteiger partial charge in [-0.3, -0.25) is 9.59 Å². The number of ketones is 1. The van der Waals surface area contributed by atoms with Crippen LogP contribution in [-0.2, 0) is 14.3 Å². The molecule has 0 fully saturated rings. The van der Waals surface area contributed by atoms with Crippen molar-refractivity contribution in [3.8, 4) is 0 Å². The fraction of sp³-hybridized carbons (Fsp3) is 0.500. The largest absolute Gasteiger partial charge is 0.460 e. The molecule has 0 aromatic carbocycles. The minimum Gasteiger partial charge on any atom is -0.460 e. The average Bonchev–Trinajstić information content (AvgIpc) is 2.95. The Morgan fingerprint density at radius 1 is 1.32 bits per heavy atom. The number of hydrogen-bond donors (Lipinski definition) is 2. The van der Waals surface area contributed by atoms with E-state index in [1.165, 1.54) is 19.1 Å². The van der Waals surface area contributed by atoms with Gasteiger partial charge in [0.05, 0.1) is 17.6 Å². The van der Waals surface area contributed by atoms with Crippen LogP contribution in [0.25, 0.3) is 0 Å². The highest BCUT2D eigenvalue weighted by Crippen LogP contribution is 2.28. The zero-order valence-corrected chi connectivity index (χ0v) is 13.9. The van der Waals surface area contributed by atoms with Gasteiger partial charge in [-0.25, -0.2) is 4.79 Å². The van der Waals surface area contributed by atoms with Crippen molar-refractivity contribution in [1.82, 2.24) is 0 Å². The molecule has 0 radical (unpaired) electrons. The molecule has 6 nitrogen and oxygen atoms in total. The number of aliphatic hydroxyl groups is 2. The number of hydrogen-bond acceptors (Lipinski definition) is 8. The standard InChI is InChI=1S/C14H18O6S2/c1-3-20-14(19)13(18)11-5-4-10(22-11)12(17)9(16)6-7-21-8(2)15/h4-5,9,12,16-17H,3,6-7H2,1-2H3. The Balaban J connectivity index is 2.64. The molecule has 0 aliphatic rings. The van der Waals surface area contributed by atoms with Crippen LogP contribution < -0.4 is 0 Å². The van der Waals surface area contributed by atoms with Gasteiger partial charge >= 0.3 is 5.97 Å². The smallest absolute Gasteiger partial charge is 0.380 e. The van der Waals surface area contributed by atoms with Gasteiger partial charge in [0.2, 0.25) is 0 Å². The summed E-state index contributed by atoms with van der Waals surface area (Å²) in [5, 5.41) is 19.9. The first-order chi connectivity index (χ1) is 10.4. The minimum absolute atomic E-state index is 0.0554. The third-order valence-electron chi connectivity index (χ3n) is 2.69. The van der Waals surface area contributed by atoms with Crippen LogP contribution in [0.3, 0.4) is 0 Å². The van der Waals surface area contributed by atoms with Crippen molar-refractivity contribution in [2.24, 2.45) is 0 Å². The molecule has 0 saturated carbocycles. The Kier molecular flexibility index (Phi) is 7.74. The summed E-state index contributed by atoms with van der Waals surface area (Å²) in [4.78, 5) is 34.4. The Bertz CT molecular complexity index is 539. The van der Waals surface area contributed by atoms with E-state index < -0.39 is 24.0 Å². The molecular formula is C14H18O6S2. The molecule has 1 aromatic heterocycles. The summed E-state index contributed by atoms with van der Waals surface area (Å²) in [5.74, 6) is -1.32. The van der Waals surface area contributed by atoms with Crippen molar-refractivity contribution in [2.45, 2.75) is 32.5 Å². The predicted octanol–water partition coefficient (Wildman–Crippen LogP) is 1.56. The Labute approximate surface area is 136 Å². The fourth-order valence-corrected chi connectivity index (χ4v) is 3.23. The van der Waals surface area contributed by atoms with Gasteiger partial charge in [-0.05, 0) is 25.5 Å². The summed E-state index contributed by atoms with van der Waals surface area (Å²) in [7, 11) is 0. The molecule has 2 N–H and O–H groups in total. The molecule has 1 aromatic rings. The molecule has 2 unspecified atom stereocenters. The highest BCUT2D eigenvalue weighted by Gasteiger charge is 2.24. The van der Waals surface area contributed by atoms with Gasteiger partial charge in [0.25, 0.3) is 5.78 Å². The molecule has 22 heavy (non-hydrogen) atoms. The Morgan fingerprint density at radius 2 is 2.00 bits per heavy atom. The second kappa shape index (κ2) is 9.04. The summed E-state index contributed by atoms with van der Waals surface area (Å²) in [6.45, 7) is 3.14. The third-order valence-corrected chi connectivity index (χ3v) is 4.69. The van der Waals surface area contributed by atoms with E-state index in [4.69, 9.17) is 0 Å². The Morgan fingerprint density at radius 3 is 2.59 bits per heavy atom. The zero-order chi connectivity index (χ0) is 16.7. The van der Waals surface area contributed by atoms with Crippen LogP contribution in [0, 0.1) is 0 Å². The molecule has 0 spiro atoms. The van der Waals surface area contributed by atoms with E-state index in [9.17, 15) is 24.6 Å². The van der Waals surface area contributed by atoms with Gasteiger partial charge < -0.3 is 14.9 Å². The molecule has 1 rings (SSSR count).